The van der Waals surface area contributed by atoms with Gasteiger partial charge in [0.2, 0.25) is 5.95 Å². The van der Waals surface area contributed by atoms with E-state index in [2.05, 4.69) is 20.6 Å². The normalized spacial score (nSPS) is 10.2. The highest BCUT2D eigenvalue weighted by atomic mass is 19.1. The second-order valence-electron chi connectivity index (χ2n) is 5.45. The topological polar surface area (TPSA) is 85.4 Å². The number of amides is 1. The highest BCUT2D eigenvalue weighted by molar-refractivity contribution is 6.03. The summed E-state index contributed by atoms with van der Waals surface area (Å²) in [5.74, 6) is 0.639. The van der Waals surface area contributed by atoms with Crippen molar-refractivity contribution in [1.29, 1.82) is 0 Å². The Morgan fingerprint density at radius 3 is 2.48 bits per heavy atom. The fraction of sp³-hybridized carbons (Fsp3) is 0.105. The molecule has 0 atom stereocenters. The fourth-order valence-corrected chi connectivity index (χ4v) is 2.30. The van der Waals surface area contributed by atoms with E-state index in [0.717, 1.165) is 0 Å². The minimum Gasteiger partial charge on any atom is -0.497 e. The summed E-state index contributed by atoms with van der Waals surface area (Å²) in [6, 6.07) is 10.9. The third-order valence-corrected chi connectivity index (χ3v) is 3.65. The summed E-state index contributed by atoms with van der Waals surface area (Å²) in [6.07, 6.45) is 2.75. The molecule has 2 aromatic carbocycles. The van der Waals surface area contributed by atoms with Gasteiger partial charge in [0.15, 0.2) is 0 Å². The number of carbonyl (C=O) groups excluding carboxylic acids is 1. The molecule has 0 saturated carbocycles. The van der Waals surface area contributed by atoms with Gasteiger partial charge in [0.1, 0.15) is 17.3 Å². The number of nitrogens with zero attached hydrogens (tertiary/aromatic N) is 2. The van der Waals surface area contributed by atoms with E-state index in [1.54, 1.807) is 38.5 Å². The first-order valence-electron chi connectivity index (χ1n) is 7.97. The average molecular weight is 368 g/mol. The standard InChI is InChI=1S/C19H17FN4O3/c1-26-15-6-7-16(17(9-15)27-2)24-19-21-10-12(11-22-19)18(25)23-14-5-3-4-13(20)8-14/h3-11H,1-2H3,(H,23,25)(H,21,22,24). The Labute approximate surface area is 155 Å². The Kier molecular flexibility index (Phi) is 5.46. The molecule has 2 N–H and O–H groups in total. The van der Waals surface area contributed by atoms with Crippen molar-refractivity contribution in [2.75, 3.05) is 24.9 Å². The molecule has 0 spiro atoms. The molecule has 0 aliphatic rings. The number of carbonyl (C=O) groups is 1. The molecule has 3 rings (SSSR count). The van der Waals surface area contributed by atoms with Crippen LogP contribution in [0.1, 0.15) is 10.4 Å². The number of hydrogen-bond acceptors (Lipinski definition) is 6. The molecule has 27 heavy (non-hydrogen) atoms. The van der Waals surface area contributed by atoms with E-state index in [1.807, 2.05) is 0 Å². The smallest absolute Gasteiger partial charge is 0.258 e. The van der Waals surface area contributed by atoms with Gasteiger partial charge in [0, 0.05) is 24.1 Å². The Balaban J connectivity index is 1.71. The second kappa shape index (κ2) is 8.13. The van der Waals surface area contributed by atoms with Crippen molar-refractivity contribution in [3.8, 4) is 11.5 Å². The van der Waals surface area contributed by atoms with Crippen molar-refractivity contribution in [3.05, 3.63) is 66.2 Å². The van der Waals surface area contributed by atoms with E-state index in [9.17, 15) is 9.18 Å². The SMILES string of the molecule is COc1ccc(Nc2ncc(C(=O)Nc3cccc(F)c3)cn2)c(OC)c1. The van der Waals surface area contributed by atoms with Crippen molar-refractivity contribution < 1.29 is 18.7 Å². The van der Waals surface area contributed by atoms with Crippen LogP contribution in [-0.4, -0.2) is 30.1 Å². The van der Waals surface area contributed by atoms with Crippen LogP contribution in [0.5, 0.6) is 11.5 Å². The number of nitrogens with one attached hydrogen (secondary N) is 2. The second-order valence-corrected chi connectivity index (χ2v) is 5.45. The lowest BCUT2D eigenvalue weighted by molar-refractivity contribution is 0.102. The van der Waals surface area contributed by atoms with Gasteiger partial charge in [-0.05, 0) is 30.3 Å². The summed E-state index contributed by atoms with van der Waals surface area (Å²) < 4.78 is 23.6. The Morgan fingerprint density at radius 1 is 1.04 bits per heavy atom. The van der Waals surface area contributed by atoms with Crippen LogP contribution in [0.25, 0.3) is 0 Å². The highest BCUT2D eigenvalue weighted by Gasteiger charge is 2.10. The average Bonchev–Trinajstić information content (AvgIpc) is 2.69. The molecule has 7 nitrogen and oxygen atoms in total. The van der Waals surface area contributed by atoms with Gasteiger partial charge in [-0.1, -0.05) is 6.07 Å². The summed E-state index contributed by atoms with van der Waals surface area (Å²) in [5, 5.41) is 5.60. The molecule has 0 bridgehead atoms. The van der Waals surface area contributed by atoms with Crippen molar-refractivity contribution >= 4 is 23.2 Å². The summed E-state index contributed by atoms with van der Waals surface area (Å²) in [5.41, 5.74) is 1.24. The number of anilines is 3. The van der Waals surface area contributed by atoms with Gasteiger partial charge in [0.05, 0.1) is 25.5 Å². The number of methoxy groups -OCH3 is 2. The third-order valence-electron chi connectivity index (χ3n) is 3.65. The molecule has 138 valence electrons. The molecule has 8 heteroatoms. The maximum Gasteiger partial charge on any atom is 0.258 e. The Bertz CT molecular complexity index is 948. The van der Waals surface area contributed by atoms with Gasteiger partial charge in [0.25, 0.3) is 5.91 Å². The molecule has 0 radical (unpaired) electrons. The number of ether oxygens (including phenoxy) is 2. The monoisotopic (exact) mass is 368 g/mol. The first-order chi connectivity index (χ1) is 13.1. The molecule has 1 amide bonds. The molecule has 3 aromatic rings. The van der Waals surface area contributed by atoms with E-state index in [1.165, 1.54) is 30.6 Å². The first-order valence-corrected chi connectivity index (χ1v) is 7.97. The maximum absolute atomic E-state index is 13.2. The Morgan fingerprint density at radius 2 is 1.81 bits per heavy atom. The first kappa shape index (κ1) is 18.1. The van der Waals surface area contributed by atoms with E-state index in [-0.39, 0.29) is 5.56 Å². The fourth-order valence-electron chi connectivity index (χ4n) is 2.30. The zero-order valence-electron chi connectivity index (χ0n) is 14.7. The van der Waals surface area contributed by atoms with Crippen molar-refractivity contribution in [2.24, 2.45) is 0 Å². The molecule has 0 aliphatic carbocycles. The molecule has 1 aromatic heterocycles. The number of halogens is 1. The van der Waals surface area contributed by atoms with Crippen LogP contribution < -0.4 is 20.1 Å². The van der Waals surface area contributed by atoms with Gasteiger partial charge < -0.3 is 20.1 Å². The Hall–Kier alpha value is -3.68. The summed E-state index contributed by atoms with van der Waals surface area (Å²) in [6.45, 7) is 0. The minimum absolute atomic E-state index is 0.242. The lowest BCUT2D eigenvalue weighted by Crippen LogP contribution is -2.13. The van der Waals surface area contributed by atoms with Gasteiger partial charge in [-0.2, -0.15) is 0 Å². The highest BCUT2D eigenvalue weighted by Crippen LogP contribution is 2.30. The van der Waals surface area contributed by atoms with E-state index < -0.39 is 11.7 Å². The van der Waals surface area contributed by atoms with Crippen LogP contribution in [-0.2, 0) is 0 Å². The maximum atomic E-state index is 13.2. The van der Waals surface area contributed by atoms with Crippen molar-refractivity contribution in [1.82, 2.24) is 9.97 Å². The lowest BCUT2D eigenvalue weighted by Gasteiger charge is -2.11. The van der Waals surface area contributed by atoms with Crippen LogP contribution >= 0.6 is 0 Å². The van der Waals surface area contributed by atoms with Crippen LogP contribution in [0.2, 0.25) is 0 Å². The number of hydrogen-bond donors (Lipinski definition) is 2. The lowest BCUT2D eigenvalue weighted by atomic mass is 10.2. The molecule has 0 aliphatic heterocycles. The van der Waals surface area contributed by atoms with E-state index in [4.69, 9.17) is 9.47 Å². The van der Waals surface area contributed by atoms with Crippen LogP contribution in [0.15, 0.2) is 54.9 Å². The number of rotatable bonds is 6. The number of aromatic nitrogens is 2. The van der Waals surface area contributed by atoms with Gasteiger partial charge in [-0.25, -0.2) is 14.4 Å². The van der Waals surface area contributed by atoms with Crippen LogP contribution in [0, 0.1) is 5.82 Å². The summed E-state index contributed by atoms with van der Waals surface area (Å²) in [7, 11) is 3.11. The van der Waals surface area contributed by atoms with Gasteiger partial charge >= 0.3 is 0 Å². The van der Waals surface area contributed by atoms with Crippen LogP contribution in [0.4, 0.5) is 21.7 Å². The van der Waals surface area contributed by atoms with Crippen molar-refractivity contribution in [2.45, 2.75) is 0 Å². The molecule has 0 saturated heterocycles. The number of benzene rings is 2. The van der Waals surface area contributed by atoms with Crippen molar-refractivity contribution in [3.63, 3.8) is 0 Å². The van der Waals surface area contributed by atoms with Crippen LogP contribution in [0.3, 0.4) is 0 Å². The van der Waals surface area contributed by atoms with Gasteiger partial charge in [-0.15, -0.1) is 0 Å². The summed E-state index contributed by atoms with van der Waals surface area (Å²) in [4.78, 5) is 20.5. The zero-order valence-corrected chi connectivity index (χ0v) is 14.7. The quantitative estimate of drug-likeness (QED) is 0.691. The minimum atomic E-state index is -0.436. The molecule has 0 unspecified atom stereocenters. The zero-order chi connectivity index (χ0) is 19.2. The van der Waals surface area contributed by atoms with Gasteiger partial charge in [-0.3, -0.25) is 4.79 Å². The molecular weight excluding hydrogens is 351 g/mol. The van der Waals surface area contributed by atoms with E-state index in [0.29, 0.717) is 28.8 Å². The third kappa shape index (κ3) is 4.49. The molecule has 0 fully saturated rings. The van der Waals surface area contributed by atoms with E-state index >= 15 is 0 Å². The molecule has 1 heterocycles. The largest absolute Gasteiger partial charge is 0.497 e. The predicted octanol–water partition coefficient (Wildman–Crippen LogP) is 3.63. The molecular formula is C19H17FN4O3. The predicted molar refractivity (Wildman–Crippen MR) is 99.2 cm³/mol. The summed E-state index contributed by atoms with van der Waals surface area (Å²) >= 11 is 0.